The van der Waals surface area contributed by atoms with Crippen molar-refractivity contribution in [2.45, 2.75) is 51.9 Å². The van der Waals surface area contributed by atoms with Gasteiger partial charge >= 0.3 is 0 Å². The molecule has 1 N–H and O–H groups in total. The molecule has 4 aromatic rings. The Morgan fingerprint density at radius 3 is 2.52 bits per heavy atom. The topological polar surface area (TPSA) is 138 Å². The standard InChI is InChI=1S/C28H32N6O6/c1-18-6-12-23(39-18)26(28(36)29-15-22-5-4-14-38-22)33(16-20-8-10-21(37-3)11-9-20)25(35)17-34-31-27(30-32-34)24-13-7-19(2)40-24/h6-13,22,26H,4-5,14-17H2,1-3H3,(H,29,36)/t22-,26+/m1/s1. The van der Waals surface area contributed by atoms with Crippen molar-refractivity contribution in [2.75, 3.05) is 20.3 Å². The van der Waals surface area contributed by atoms with E-state index in [1.165, 1.54) is 9.70 Å². The zero-order chi connectivity index (χ0) is 28.1. The summed E-state index contributed by atoms with van der Waals surface area (Å²) in [6.45, 7) is 4.49. The predicted octanol–water partition coefficient (Wildman–Crippen LogP) is 3.22. The van der Waals surface area contributed by atoms with Crippen LogP contribution < -0.4 is 10.1 Å². The number of carbonyl (C=O) groups is 2. The number of rotatable bonds is 11. The largest absolute Gasteiger partial charge is 0.497 e. The maximum Gasteiger partial charge on any atom is 0.250 e. The molecule has 5 rings (SSSR count). The van der Waals surface area contributed by atoms with Gasteiger partial charge in [-0.2, -0.15) is 4.80 Å². The van der Waals surface area contributed by atoms with E-state index < -0.39 is 11.9 Å². The number of nitrogens with one attached hydrogen (secondary N) is 1. The lowest BCUT2D eigenvalue weighted by Crippen LogP contribution is -2.46. The van der Waals surface area contributed by atoms with Gasteiger partial charge < -0.3 is 28.5 Å². The van der Waals surface area contributed by atoms with Gasteiger partial charge in [-0.05, 0) is 73.9 Å². The first-order valence-corrected chi connectivity index (χ1v) is 13.1. The Hall–Kier alpha value is -4.45. The van der Waals surface area contributed by atoms with Crippen LogP contribution in [-0.2, 0) is 27.4 Å². The summed E-state index contributed by atoms with van der Waals surface area (Å²) in [6.07, 6.45) is 1.76. The summed E-state index contributed by atoms with van der Waals surface area (Å²) in [5, 5.41) is 15.3. The molecule has 0 spiro atoms. The highest BCUT2D eigenvalue weighted by molar-refractivity contribution is 5.88. The lowest BCUT2D eigenvalue weighted by molar-refractivity contribution is -0.143. The van der Waals surface area contributed by atoms with E-state index in [-0.39, 0.29) is 30.9 Å². The predicted molar refractivity (Wildman–Crippen MR) is 142 cm³/mol. The second-order valence-corrected chi connectivity index (χ2v) is 9.65. The molecule has 1 aliphatic rings. The van der Waals surface area contributed by atoms with Crippen LogP contribution in [0, 0.1) is 13.8 Å². The van der Waals surface area contributed by atoms with E-state index in [4.69, 9.17) is 18.3 Å². The van der Waals surface area contributed by atoms with Crippen LogP contribution in [0.25, 0.3) is 11.6 Å². The normalized spacial score (nSPS) is 15.6. The van der Waals surface area contributed by atoms with Crippen LogP contribution in [0.15, 0.2) is 57.4 Å². The summed E-state index contributed by atoms with van der Waals surface area (Å²) < 4.78 is 22.4. The molecule has 1 saturated heterocycles. The van der Waals surface area contributed by atoms with E-state index in [9.17, 15) is 9.59 Å². The van der Waals surface area contributed by atoms with Crippen molar-refractivity contribution in [1.29, 1.82) is 0 Å². The fourth-order valence-corrected chi connectivity index (χ4v) is 4.57. The van der Waals surface area contributed by atoms with Crippen molar-refractivity contribution < 1.29 is 27.9 Å². The van der Waals surface area contributed by atoms with Crippen LogP contribution in [0.4, 0.5) is 0 Å². The van der Waals surface area contributed by atoms with Gasteiger partial charge in [0.15, 0.2) is 11.8 Å². The maximum atomic E-state index is 13.9. The quantitative estimate of drug-likeness (QED) is 0.299. The van der Waals surface area contributed by atoms with Gasteiger partial charge in [0.25, 0.3) is 5.91 Å². The molecule has 0 saturated carbocycles. The minimum atomic E-state index is -1.04. The Balaban J connectivity index is 1.43. The molecule has 2 amide bonds. The molecule has 0 unspecified atom stereocenters. The molecule has 0 bridgehead atoms. The number of ether oxygens (including phenoxy) is 2. The van der Waals surface area contributed by atoms with Gasteiger partial charge in [-0.1, -0.05) is 12.1 Å². The zero-order valence-electron chi connectivity index (χ0n) is 22.7. The molecule has 3 aromatic heterocycles. The minimum absolute atomic E-state index is 0.0586. The molecule has 210 valence electrons. The highest BCUT2D eigenvalue weighted by Gasteiger charge is 2.35. The van der Waals surface area contributed by atoms with Crippen LogP contribution in [0.3, 0.4) is 0 Å². The van der Waals surface area contributed by atoms with Gasteiger partial charge in [-0.25, -0.2) is 0 Å². The van der Waals surface area contributed by atoms with E-state index >= 15 is 0 Å². The molecule has 4 heterocycles. The van der Waals surface area contributed by atoms with E-state index in [1.807, 2.05) is 19.1 Å². The van der Waals surface area contributed by atoms with Crippen LogP contribution in [0.2, 0.25) is 0 Å². The molecule has 12 nitrogen and oxygen atoms in total. The third-order valence-electron chi connectivity index (χ3n) is 6.64. The van der Waals surface area contributed by atoms with Crippen molar-refractivity contribution in [1.82, 2.24) is 30.4 Å². The number of nitrogens with zero attached hydrogens (tertiary/aromatic N) is 5. The maximum absolute atomic E-state index is 13.9. The van der Waals surface area contributed by atoms with Gasteiger partial charge in [0.05, 0.1) is 13.2 Å². The molecule has 1 aromatic carbocycles. The number of hydrogen-bond acceptors (Lipinski definition) is 9. The Morgan fingerprint density at radius 2 is 1.88 bits per heavy atom. The number of carbonyl (C=O) groups excluding carboxylic acids is 2. The monoisotopic (exact) mass is 548 g/mol. The van der Waals surface area contributed by atoms with Gasteiger partial charge in [0, 0.05) is 19.7 Å². The summed E-state index contributed by atoms with van der Waals surface area (Å²) in [6, 6.07) is 13.3. The number of furan rings is 2. The summed E-state index contributed by atoms with van der Waals surface area (Å²) in [7, 11) is 1.59. The molecular weight excluding hydrogens is 516 g/mol. The number of aryl methyl sites for hydroxylation is 2. The number of tetrazole rings is 1. The Morgan fingerprint density at radius 1 is 1.10 bits per heavy atom. The molecule has 0 aliphatic carbocycles. The lowest BCUT2D eigenvalue weighted by Gasteiger charge is -2.30. The van der Waals surface area contributed by atoms with Gasteiger partial charge in [-0.15, -0.1) is 10.2 Å². The Bertz CT molecular complexity index is 1440. The molecule has 12 heteroatoms. The van der Waals surface area contributed by atoms with Crippen LogP contribution in [-0.4, -0.2) is 63.3 Å². The first-order chi connectivity index (χ1) is 19.4. The fourth-order valence-electron chi connectivity index (χ4n) is 4.57. The molecule has 1 aliphatic heterocycles. The van der Waals surface area contributed by atoms with Crippen molar-refractivity contribution in [3.05, 3.63) is 71.4 Å². The average Bonchev–Trinajstić information content (AvgIpc) is 3.77. The first kappa shape index (κ1) is 27.1. The van der Waals surface area contributed by atoms with E-state index in [0.717, 1.165) is 18.4 Å². The van der Waals surface area contributed by atoms with Crippen molar-refractivity contribution in [2.24, 2.45) is 0 Å². The zero-order valence-corrected chi connectivity index (χ0v) is 22.7. The minimum Gasteiger partial charge on any atom is -0.497 e. The first-order valence-electron chi connectivity index (χ1n) is 13.1. The third-order valence-corrected chi connectivity index (χ3v) is 6.64. The number of aromatic nitrogens is 4. The fraction of sp³-hybridized carbons (Fsp3) is 0.393. The van der Waals surface area contributed by atoms with E-state index in [0.29, 0.717) is 41.9 Å². The smallest absolute Gasteiger partial charge is 0.250 e. The van der Waals surface area contributed by atoms with Crippen molar-refractivity contribution in [3.63, 3.8) is 0 Å². The van der Waals surface area contributed by atoms with Crippen LogP contribution >= 0.6 is 0 Å². The molecule has 1 fully saturated rings. The van der Waals surface area contributed by atoms with Gasteiger partial charge in [0.2, 0.25) is 11.7 Å². The highest BCUT2D eigenvalue weighted by atomic mass is 16.5. The Labute approximate surface area is 231 Å². The van der Waals surface area contributed by atoms with Crippen molar-refractivity contribution >= 4 is 11.8 Å². The summed E-state index contributed by atoms with van der Waals surface area (Å²) in [4.78, 5) is 30.2. The summed E-state index contributed by atoms with van der Waals surface area (Å²) in [5.41, 5.74) is 0.799. The third kappa shape index (κ3) is 6.40. The number of benzene rings is 1. The Kier molecular flexibility index (Phi) is 8.25. The van der Waals surface area contributed by atoms with Gasteiger partial charge in [0.1, 0.15) is 29.6 Å². The van der Waals surface area contributed by atoms with Crippen LogP contribution in [0.1, 0.15) is 41.7 Å². The lowest BCUT2D eigenvalue weighted by atomic mass is 10.1. The molecule has 2 atom stereocenters. The molecule has 40 heavy (non-hydrogen) atoms. The second kappa shape index (κ2) is 12.2. The average molecular weight is 549 g/mol. The van der Waals surface area contributed by atoms with Gasteiger partial charge in [-0.3, -0.25) is 9.59 Å². The molecular formula is C28H32N6O6. The van der Waals surface area contributed by atoms with E-state index in [1.54, 1.807) is 50.4 Å². The molecule has 0 radical (unpaired) electrons. The van der Waals surface area contributed by atoms with E-state index in [2.05, 4.69) is 20.7 Å². The summed E-state index contributed by atoms with van der Waals surface area (Å²) >= 11 is 0. The highest BCUT2D eigenvalue weighted by Crippen LogP contribution is 2.27. The van der Waals surface area contributed by atoms with Crippen molar-refractivity contribution in [3.8, 4) is 17.3 Å². The SMILES string of the molecule is COc1ccc(CN(C(=O)Cn2nnc(-c3ccc(C)o3)n2)[C@H](C(=O)NC[C@H]2CCCO2)c2ccc(C)o2)cc1. The number of hydrogen-bond donors (Lipinski definition) is 1. The number of amides is 2. The van der Waals surface area contributed by atoms with Crippen LogP contribution in [0.5, 0.6) is 5.75 Å². The summed E-state index contributed by atoms with van der Waals surface area (Å²) in [5.74, 6) is 2.30. The second-order valence-electron chi connectivity index (χ2n) is 9.65. The number of methoxy groups -OCH3 is 1.